The Labute approximate surface area is 76.2 Å². The maximum Gasteiger partial charge on any atom is 0.205 e. The Balaban J connectivity index is 2.47. The van der Waals surface area contributed by atoms with Gasteiger partial charge in [0.15, 0.2) is 0 Å². The fourth-order valence-corrected chi connectivity index (χ4v) is 1.50. The molecule has 12 heavy (non-hydrogen) atoms. The monoisotopic (exact) mass is 181 g/mol. The Morgan fingerprint density at radius 3 is 2.92 bits per heavy atom. The van der Waals surface area contributed by atoms with Gasteiger partial charge in [0.1, 0.15) is 5.01 Å². The summed E-state index contributed by atoms with van der Waals surface area (Å²) in [6.07, 6.45) is 5.87. The van der Waals surface area contributed by atoms with Crippen LogP contribution in [0, 0.1) is 19.3 Å². The Morgan fingerprint density at radius 1 is 1.67 bits per heavy atom. The molecule has 1 heterocycles. The predicted molar refractivity (Wildman–Crippen MR) is 51.2 cm³/mol. The molecule has 1 N–H and O–H groups in total. The Morgan fingerprint density at radius 2 is 2.42 bits per heavy atom. The Bertz CT molecular complexity index is 287. The number of nitrogens with one attached hydrogen (secondary N) is 1. The van der Waals surface area contributed by atoms with Crippen molar-refractivity contribution in [2.24, 2.45) is 0 Å². The molecule has 0 radical (unpaired) electrons. The van der Waals surface area contributed by atoms with E-state index in [9.17, 15) is 0 Å². The third-order valence-corrected chi connectivity index (χ3v) is 2.09. The first-order valence-electron chi connectivity index (χ1n) is 3.72. The molecule has 0 bridgehead atoms. The first kappa shape index (κ1) is 9.01. The van der Waals surface area contributed by atoms with Crippen LogP contribution in [0.3, 0.4) is 0 Å². The molecular weight excluding hydrogens is 170 g/mol. The van der Waals surface area contributed by atoms with Gasteiger partial charge in [-0.1, -0.05) is 11.3 Å². The zero-order valence-electron chi connectivity index (χ0n) is 7.16. The normalized spacial score (nSPS) is 12.1. The van der Waals surface area contributed by atoms with Crippen LogP contribution in [-0.2, 0) is 0 Å². The fraction of sp³-hybridized carbons (Fsp3) is 0.500. The van der Waals surface area contributed by atoms with Crippen molar-refractivity contribution < 1.29 is 0 Å². The molecule has 0 saturated heterocycles. The lowest BCUT2D eigenvalue weighted by atomic mass is 10.2. The van der Waals surface area contributed by atoms with Crippen molar-refractivity contribution in [3.05, 3.63) is 5.01 Å². The standard InChI is InChI=1S/C8H11N3S/c1-4-5-6(2)9-8-11-10-7(3)12-8/h1,6H,5H2,2-3H3,(H,9,11). The second kappa shape index (κ2) is 4.07. The molecule has 1 rings (SSSR count). The van der Waals surface area contributed by atoms with E-state index in [2.05, 4.69) is 21.4 Å². The third-order valence-electron chi connectivity index (χ3n) is 1.32. The average Bonchev–Trinajstić information content (AvgIpc) is 2.36. The van der Waals surface area contributed by atoms with Crippen LogP contribution in [0.15, 0.2) is 0 Å². The van der Waals surface area contributed by atoms with E-state index < -0.39 is 0 Å². The highest BCUT2D eigenvalue weighted by Crippen LogP contribution is 2.14. The van der Waals surface area contributed by atoms with Gasteiger partial charge in [-0.3, -0.25) is 0 Å². The second-order valence-electron chi connectivity index (χ2n) is 2.58. The molecule has 4 heteroatoms. The topological polar surface area (TPSA) is 37.8 Å². The number of hydrogen-bond donors (Lipinski definition) is 1. The van der Waals surface area contributed by atoms with Crippen LogP contribution in [0.4, 0.5) is 5.13 Å². The van der Waals surface area contributed by atoms with Gasteiger partial charge in [-0.15, -0.1) is 22.5 Å². The molecule has 64 valence electrons. The van der Waals surface area contributed by atoms with Gasteiger partial charge in [0, 0.05) is 12.5 Å². The Kier molecular flexibility index (Phi) is 3.06. The van der Waals surface area contributed by atoms with Crippen molar-refractivity contribution in [1.29, 1.82) is 0 Å². The molecule has 0 amide bonds. The number of aromatic nitrogens is 2. The van der Waals surface area contributed by atoms with Gasteiger partial charge < -0.3 is 5.32 Å². The molecule has 0 aromatic carbocycles. The zero-order chi connectivity index (χ0) is 8.97. The summed E-state index contributed by atoms with van der Waals surface area (Å²) in [6.45, 7) is 3.95. The highest BCUT2D eigenvalue weighted by Gasteiger charge is 2.03. The highest BCUT2D eigenvalue weighted by atomic mass is 32.1. The van der Waals surface area contributed by atoms with Crippen molar-refractivity contribution in [2.45, 2.75) is 26.3 Å². The molecule has 0 spiro atoms. The van der Waals surface area contributed by atoms with Crippen molar-refractivity contribution in [2.75, 3.05) is 5.32 Å². The van der Waals surface area contributed by atoms with Crippen LogP contribution in [0.25, 0.3) is 0 Å². The summed E-state index contributed by atoms with van der Waals surface area (Å²) in [5, 5.41) is 12.8. The van der Waals surface area contributed by atoms with Crippen LogP contribution in [0.1, 0.15) is 18.4 Å². The van der Waals surface area contributed by atoms with E-state index in [0.29, 0.717) is 6.42 Å². The second-order valence-corrected chi connectivity index (χ2v) is 3.76. The summed E-state index contributed by atoms with van der Waals surface area (Å²) in [6, 6.07) is 0.266. The first-order valence-corrected chi connectivity index (χ1v) is 4.54. The summed E-state index contributed by atoms with van der Waals surface area (Å²) in [4.78, 5) is 0. The number of terminal acetylenes is 1. The number of hydrogen-bond acceptors (Lipinski definition) is 4. The van der Waals surface area contributed by atoms with Gasteiger partial charge in [-0.2, -0.15) is 0 Å². The van der Waals surface area contributed by atoms with Crippen LogP contribution in [0.2, 0.25) is 0 Å². The quantitative estimate of drug-likeness (QED) is 0.721. The zero-order valence-corrected chi connectivity index (χ0v) is 7.98. The van der Waals surface area contributed by atoms with Crippen LogP contribution < -0.4 is 5.32 Å². The summed E-state index contributed by atoms with van der Waals surface area (Å²) < 4.78 is 0. The molecule has 1 unspecified atom stereocenters. The lowest BCUT2D eigenvalue weighted by Gasteiger charge is -2.07. The number of aryl methyl sites for hydroxylation is 1. The smallest absolute Gasteiger partial charge is 0.205 e. The summed E-state index contributed by atoms with van der Waals surface area (Å²) in [5.41, 5.74) is 0. The van der Waals surface area contributed by atoms with Gasteiger partial charge in [0.25, 0.3) is 0 Å². The van der Waals surface area contributed by atoms with Gasteiger partial charge in [-0.05, 0) is 13.8 Å². The maximum absolute atomic E-state index is 5.17. The molecule has 1 atom stereocenters. The largest absolute Gasteiger partial charge is 0.357 e. The van der Waals surface area contributed by atoms with E-state index >= 15 is 0 Å². The third kappa shape index (κ3) is 2.51. The van der Waals surface area contributed by atoms with E-state index in [0.717, 1.165) is 10.1 Å². The predicted octanol–water partition coefficient (Wildman–Crippen LogP) is 1.67. The summed E-state index contributed by atoms with van der Waals surface area (Å²) in [7, 11) is 0. The van der Waals surface area contributed by atoms with Gasteiger partial charge >= 0.3 is 0 Å². The van der Waals surface area contributed by atoms with E-state index in [1.807, 2.05) is 13.8 Å². The molecule has 1 aromatic heterocycles. The van der Waals surface area contributed by atoms with E-state index in [1.165, 1.54) is 11.3 Å². The van der Waals surface area contributed by atoms with Gasteiger partial charge in [-0.25, -0.2) is 0 Å². The number of nitrogens with zero attached hydrogens (tertiary/aromatic N) is 2. The van der Waals surface area contributed by atoms with Crippen LogP contribution in [0.5, 0.6) is 0 Å². The van der Waals surface area contributed by atoms with E-state index in [4.69, 9.17) is 6.42 Å². The molecule has 0 aliphatic heterocycles. The molecular formula is C8H11N3S. The summed E-state index contributed by atoms with van der Waals surface area (Å²) in [5.74, 6) is 2.59. The number of rotatable bonds is 3. The molecule has 1 aromatic rings. The van der Waals surface area contributed by atoms with Crippen LogP contribution in [-0.4, -0.2) is 16.2 Å². The summed E-state index contributed by atoms with van der Waals surface area (Å²) >= 11 is 1.54. The van der Waals surface area contributed by atoms with Crippen molar-refractivity contribution in [3.8, 4) is 12.3 Å². The first-order chi connectivity index (χ1) is 5.72. The van der Waals surface area contributed by atoms with Crippen molar-refractivity contribution in [3.63, 3.8) is 0 Å². The lowest BCUT2D eigenvalue weighted by molar-refractivity contribution is 0.821. The maximum atomic E-state index is 5.17. The number of anilines is 1. The minimum Gasteiger partial charge on any atom is -0.357 e. The fourth-order valence-electron chi connectivity index (χ4n) is 0.793. The van der Waals surface area contributed by atoms with Crippen LogP contribution >= 0.6 is 11.3 Å². The molecule has 0 saturated carbocycles. The minimum atomic E-state index is 0.266. The highest BCUT2D eigenvalue weighted by molar-refractivity contribution is 7.15. The van der Waals surface area contributed by atoms with Crippen molar-refractivity contribution in [1.82, 2.24) is 10.2 Å². The Hall–Kier alpha value is -1.08. The lowest BCUT2D eigenvalue weighted by Crippen LogP contribution is -2.13. The van der Waals surface area contributed by atoms with Crippen molar-refractivity contribution >= 4 is 16.5 Å². The molecule has 0 aliphatic carbocycles. The van der Waals surface area contributed by atoms with Gasteiger partial charge in [0.2, 0.25) is 5.13 Å². The molecule has 3 nitrogen and oxygen atoms in total. The average molecular weight is 181 g/mol. The van der Waals surface area contributed by atoms with Gasteiger partial charge in [0.05, 0.1) is 0 Å². The molecule has 0 aliphatic rings. The van der Waals surface area contributed by atoms with E-state index in [-0.39, 0.29) is 6.04 Å². The van der Waals surface area contributed by atoms with E-state index in [1.54, 1.807) is 0 Å². The minimum absolute atomic E-state index is 0.266. The molecule has 0 fully saturated rings. The SMILES string of the molecule is C#CCC(C)Nc1nnc(C)s1.